The van der Waals surface area contributed by atoms with Gasteiger partial charge in [-0.15, -0.1) is 11.3 Å². The Hall–Kier alpha value is -2.87. The SMILES string of the molecule is O=C(NC(=Cc1cccs1)C(=O)N1CC2CC(C1)c1cccc(=O)n1C2)c1cc(Cl)ccc1Cl. The number of pyridine rings is 1. The molecule has 174 valence electrons. The summed E-state index contributed by atoms with van der Waals surface area (Å²) in [5, 5.41) is 5.30. The molecule has 1 saturated heterocycles. The summed E-state index contributed by atoms with van der Waals surface area (Å²) in [5.41, 5.74) is 1.33. The fraction of sp³-hybridized carbons (Fsp3) is 0.240. The lowest BCUT2D eigenvalue weighted by Gasteiger charge is -2.43. The van der Waals surface area contributed by atoms with Gasteiger partial charge in [-0.25, -0.2) is 0 Å². The molecular formula is C25H21Cl2N3O3S. The van der Waals surface area contributed by atoms with Crippen molar-refractivity contribution >= 4 is 52.4 Å². The van der Waals surface area contributed by atoms with Crippen LogP contribution in [-0.4, -0.2) is 34.4 Å². The van der Waals surface area contributed by atoms with Crippen molar-refractivity contribution in [1.29, 1.82) is 0 Å². The van der Waals surface area contributed by atoms with E-state index in [1.165, 1.54) is 17.4 Å². The van der Waals surface area contributed by atoms with Crippen LogP contribution < -0.4 is 10.9 Å². The van der Waals surface area contributed by atoms with E-state index in [2.05, 4.69) is 5.32 Å². The lowest BCUT2D eigenvalue weighted by molar-refractivity contribution is -0.130. The van der Waals surface area contributed by atoms with Crippen LogP contribution in [0, 0.1) is 5.92 Å². The zero-order valence-electron chi connectivity index (χ0n) is 18.0. The molecule has 2 bridgehead atoms. The first kappa shape index (κ1) is 22.9. The number of piperidine rings is 1. The highest BCUT2D eigenvalue weighted by Gasteiger charge is 2.37. The second-order valence-electron chi connectivity index (χ2n) is 8.56. The van der Waals surface area contributed by atoms with Crippen LogP contribution in [0.15, 0.2) is 64.4 Å². The zero-order chi connectivity index (χ0) is 23.8. The smallest absolute Gasteiger partial charge is 0.270 e. The molecule has 3 aromatic rings. The number of rotatable bonds is 4. The highest BCUT2D eigenvalue weighted by Crippen LogP contribution is 2.35. The van der Waals surface area contributed by atoms with Crippen molar-refractivity contribution in [2.75, 3.05) is 13.1 Å². The van der Waals surface area contributed by atoms with E-state index in [-0.39, 0.29) is 39.6 Å². The molecule has 2 unspecified atom stereocenters. The molecule has 2 aliphatic rings. The molecule has 4 heterocycles. The number of hydrogen-bond acceptors (Lipinski definition) is 4. The number of carbonyl (C=O) groups excluding carboxylic acids is 2. The monoisotopic (exact) mass is 513 g/mol. The highest BCUT2D eigenvalue weighted by molar-refractivity contribution is 7.10. The number of benzene rings is 1. The fourth-order valence-corrected chi connectivity index (χ4v) is 5.79. The second kappa shape index (κ2) is 9.41. The minimum absolute atomic E-state index is 0.00378. The minimum Gasteiger partial charge on any atom is -0.336 e. The summed E-state index contributed by atoms with van der Waals surface area (Å²) in [4.78, 5) is 41.6. The molecule has 34 heavy (non-hydrogen) atoms. The Morgan fingerprint density at radius 2 is 1.91 bits per heavy atom. The van der Waals surface area contributed by atoms with E-state index >= 15 is 0 Å². The third kappa shape index (κ3) is 4.56. The van der Waals surface area contributed by atoms with Gasteiger partial charge in [-0.05, 0) is 54.1 Å². The summed E-state index contributed by atoms with van der Waals surface area (Å²) in [6, 6.07) is 13.7. The van der Waals surface area contributed by atoms with E-state index < -0.39 is 5.91 Å². The van der Waals surface area contributed by atoms with Gasteiger partial charge in [-0.2, -0.15) is 0 Å². The number of aromatic nitrogens is 1. The summed E-state index contributed by atoms with van der Waals surface area (Å²) < 4.78 is 1.83. The number of halogens is 2. The number of nitrogens with zero attached hydrogens (tertiary/aromatic N) is 2. The third-order valence-corrected chi connectivity index (χ3v) is 7.63. The van der Waals surface area contributed by atoms with Crippen LogP contribution in [0.4, 0.5) is 0 Å². The quantitative estimate of drug-likeness (QED) is 0.516. The van der Waals surface area contributed by atoms with Gasteiger partial charge in [-0.3, -0.25) is 14.4 Å². The molecule has 1 aromatic carbocycles. The first-order chi connectivity index (χ1) is 16.4. The van der Waals surface area contributed by atoms with Crippen LogP contribution in [0.1, 0.15) is 33.3 Å². The average Bonchev–Trinajstić information content (AvgIpc) is 3.33. The number of fused-ring (bicyclic) bond motifs is 4. The van der Waals surface area contributed by atoms with Crippen molar-refractivity contribution in [3.8, 4) is 0 Å². The molecule has 2 atom stereocenters. The molecule has 0 aliphatic carbocycles. The predicted octanol–water partition coefficient (Wildman–Crippen LogP) is 4.63. The van der Waals surface area contributed by atoms with Crippen LogP contribution in [0.3, 0.4) is 0 Å². The van der Waals surface area contributed by atoms with Crippen LogP contribution in [0.2, 0.25) is 10.0 Å². The number of likely N-dealkylation sites (tertiary alicyclic amines) is 1. The van der Waals surface area contributed by atoms with E-state index in [9.17, 15) is 14.4 Å². The molecule has 0 spiro atoms. The average molecular weight is 514 g/mol. The van der Waals surface area contributed by atoms with Gasteiger partial charge in [-0.1, -0.05) is 35.3 Å². The summed E-state index contributed by atoms with van der Waals surface area (Å²) in [6.07, 6.45) is 2.62. The Balaban J connectivity index is 1.43. The van der Waals surface area contributed by atoms with Crippen molar-refractivity contribution in [2.24, 2.45) is 5.92 Å². The van der Waals surface area contributed by atoms with Crippen molar-refractivity contribution in [3.63, 3.8) is 0 Å². The maximum absolute atomic E-state index is 13.7. The lowest BCUT2D eigenvalue weighted by Crippen LogP contribution is -2.50. The highest BCUT2D eigenvalue weighted by atomic mass is 35.5. The van der Waals surface area contributed by atoms with E-state index in [4.69, 9.17) is 23.2 Å². The Morgan fingerprint density at radius 1 is 1.06 bits per heavy atom. The van der Waals surface area contributed by atoms with E-state index in [0.717, 1.165) is 17.0 Å². The lowest BCUT2D eigenvalue weighted by atomic mass is 9.83. The van der Waals surface area contributed by atoms with Crippen molar-refractivity contribution in [1.82, 2.24) is 14.8 Å². The van der Waals surface area contributed by atoms with Crippen LogP contribution in [0.5, 0.6) is 0 Å². The number of amides is 2. The van der Waals surface area contributed by atoms with Gasteiger partial charge in [0.15, 0.2) is 0 Å². The minimum atomic E-state index is -0.502. The maximum atomic E-state index is 13.7. The number of hydrogen-bond donors (Lipinski definition) is 1. The Bertz CT molecular complexity index is 1350. The van der Waals surface area contributed by atoms with Crippen molar-refractivity contribution in [2.45, 2.75) is 18.9 Å². The fourth-order valence-electron chi connectivity index (χ4n) is 4.76. The first-order valence-corrected chi connectivity index (χ1v) is 12.5. The van der Waals surface area contributed by atoms with Gasteiger partial charge in [0.05, 0.1) is 10.6 Å². The van der Waals surface area contributed by atoms with Gasteiger partial charge in [0.25, 0.3) is 17.4 Å². The summed E-state index contributed by atoms with van der Waals surface area (Å²) in [6.45, 7) is 1.59. The van der Waals surface area contributed by atoms with Crippen molar-refractivity contribution in [3.05, 3.63) is 96.1 Å². The zero-order valence-corrected chi connectivity index (χ0v) is 20.4. The molecule has 0 radical (unpaired) electrons. The molecule has 1 N–H and O–H groups in total. The molecule has 1 fully saturated rings. The van der Waals surface area contributed by atoms with Gasteiger partial charge in [0, 0.05) is 47.2 Å². The second-order valence-corrected chi connectivity index (χ2v) is 10.4. The Labute approximate surface area is 210 Å². The van der Waals surface area contributed by atoms with Gasteiger partial charge in [0.2, 0.25) is 0 Å². The Morgan fingerprint density at radius 3 is 2.71 bits per heavy atom. The van der Waals surface area contributed by atoms with E-state index in [1.807, 2.05) is 28.1 Å². The topological polar surface area (TPSA) is 71.4 Å². The summed E-state index contributed by atoms with van der Waals surface area (Å²) in [5.74, 6) is -0.512. The summed E-state index contributed by atoms with van der Waals surface area (Å²) >= 11 is 13.7. The Kier molecular flexibility index (Phi) is 6.34. The number of thiophene rings is 1. The molecule has 9 heteroatoms. The van der Waals surface area contributed by atoms with Gasteiger partial charge >= 0.3 is 0 Å². The molecule has 6 nitrogen and oxygen atoms in total. The molecule has 2 aliphatic heterocycles. The third-order valence-electron chi connectivity index (χ3n) is 6.25. The van der Waals surface area contributed by atoms with Crippen molar-refractivity contribution < 1.29 is 9.59 Å². The summed E-state index contributed by atoms with van der Waals surface area (Å²) in [7, 11) is 0. The van der Waals surface area contributed by atoms with Gasteiger partial charge < -0.3 is 14.8 Å². The number of carbonyl (C=O) groups is 2. The largest absolute Gasteiger partial charge is 0.336 e. The van der Waals surface area contributed by atoms with Crippen LogP contribution in [-0.2, 0) is 11.3 Å². The molecule has 0 saturated carbocycles. The predicted molar refractivity (Wildman–Crippen MR) is 134 cm³/mol. The molecule has 5 rings (SSSR count). The van der Waals surface area contributed by atoms with E-state index in [1.54, 1.807) is 35.2 Å². The molecular weight excluding hydrogens is 493 g/mol. The molecule has 2 amide bonds. The molecule has 2 aromatic heterocycles. The van der Waals surface area contributed by atoms with Gasteiger partial charge in [0.1, 0.15) is 5.70 Å². The maximum Gasteiger partial charge on any atom is 0.270 e. The first-order valence-electron chi connectivity index (χ1n) is 10.9. The standard InChI is InChI=1S/C25H21Cl2N3O3S/c26-17-6-7-20(27)19(10-17)24(32)28-21(11-18-3-2-8-34-18)25(33)29-12-15-9-16(14-29)22-4-1-5-23(31)30(22)13-15/h1-8,10-11,15-16H,9,12-14H2,(H,28,32). The van der Waals surface area contributed by atoms with E-state index in [0.29, 0.717) is 24.7 Å². The van der Waals surface area contributed by atoms with Crippen LogP contribution >= 0.6 is 34.5 Å². The van der Waals surface area contributed by atoms with Crippen LogP contribution in [0.25, 0.3) is 6.08 Å². The normalized spacial score (nSPS) is 19.5. The number of nitrogens with one attached hydrogen (secondary N) is 1.